The summed E-state index contributed by atoms with van der Waals surface area (Å²) < 4.78 is 1.87. The number of carbonyl (C=O) groups is 1. The number of hydrogen-bond acceptors (Lipinski definition) is 4. The number of likely N-dealkylation sites (tertiary alicyclic amines) is 1. The summed E-state index contributed by atoms with van der Waals surface area (Å²) in [5.74, 6) is 1.42. The number of aromatic nitrogens is 2. The van der Waals surface area contributed by atoms with Crippen molar-refractivity contribution in [1.82, 2.24) is 19.6 Å². The van der Waals surface area contributed by atoms with Gasteiger partial charge in [-0.1, -0.05) is 12.1 Å². The lowest BCUT2D eigenvalue weighted by Gasteiger charge is -2.51. The Kier molecular flexibility index (Phi) is 4.38. The van der Waals surface area contributed by atoms with Gasteiger partial charge in [0, 0.05) is 37.7 Å². The van der Waals surface area contributed by atoms with Gasteiger partial charge < -0.3 is 10.0 Å². The van der Waals surface area contributed by atoms with Gasteiger partial charge in [-0.15, -0.1) is 0 Å². The predicted octanol–water partition coefficient (Wildman–Crippen LogP) is 2.38. The Labute approximate surface area is 165 Å². The summed E-state index contributed by atoms with van der Waals surface area (Å²) in [6, 6.07) is 10.3. The second kappa shape index (κ2) is 6.92. The minimum atomic E-state index is 0.236. The van der Waals surface area contributed by atoms with Gasteiger partial charge in [0.1, 0.15) is 5.75 Å². The largest absolute Gasteiger partial charge is 0.508 e. The van der Waals surface area contributed by atoms with E-state index in [1.165, 1.54) is 12.8 Å². The Hall–Kier alpha value is -2.34. The number of rotatable bonds is 4. The van der Waals surface area contributed by atoms with E-state index in [1.54, 1.807) is 6.07 Å². The first-order valence-corrected chi connectivity index (χ1v) is 10.4. The van der Waals surface area contributed by atoms with Crippen LogP contribution in [0.2, 0.25) is 0 Å². The molecule has 1 aromatic carbocycles. The molecular formula is C22H28N4O2. The fourth-order valence-corrected chi connectivity index (χ4v) is 5.69. The van der Waals surface area contributed by atoms with E-state index >= 15 is 0 Å². The topological polar surface area (TPSA) is 61.6 Å². The number of carbonyl (C=O) groups excluding carboxylic acids is 1. The van der Waals surface area contributed by atoms with Gasteiger partial charge in [-0.3, -0.25) is 14.4 Å². The van der Waals surface area contributed by atoms with Gasteiger partial charge in [-0.05, 0) is 62.5 Å². The molecule has 6 rings (SSSR count). The van der Waals surface area contributed by atoms with E-state index in [2.05, 4.69) is 21.0 Å². The number of benzene rings is 1. The Morgan fingerprint density at radius 3 is 2.75 bits per heavy atom. The molecule has 3 atom stereocenters. The third kappa shape index (κ3) is 3.00. The van der Waals surface area contributed by atoms with Crippen LogP contribution in [-0.2, 0) is 11.3 Å². The molecule has 1 N–H and O–H groups in total. The van der Waals surface area contributed by atoms with Crippen LogP contribution >= 0.6 is 0 Å². The molecule has 28 heavy (non-hydrogen) atoms. The highest BCUT2D eigenvalue weighted by Gasteiger charge is 2.54. The summed E-state index contributed by atoms with van der Waals surface area (Å²) in [5, 5.41) is 14.4. The molecule has 0 aliphatic carbocycles. The molecule has 4 fully saturated rings. The highest BCUT2D eigenvalue weighted by Crippen LogP contribution is 2.47. The molecule has 6 nitrogen and oxygen atoms in total. The van der Waals surface area contributed by atoms with Crippen LogP contribution in [0.5, 0.6) is 5.75 Å². The number of phenolic OH excluding ortho intramolecular Hbond substituents is 1. The van der Waals surface area contributed by atoms with Crippen LogP contribution in [0.15, 0.2) is 36.5 Å². The maximum atomic E-state index is 13.2. The average Bonchev–Trinajstić information content (AvgIpc) is 3.32. The molecule has 1 amide bonds. The van der Waals surface area contributed by atoms with Gasteiger partial charge in [-0.25, -0.2) is 0 Å². The van der Waals surface area contributed by atoms with Gasteiger partial charge in [-0.2, -0.15) is 5.10 Å². The van der Waals surface area contributed by atoms with Gasteiger partial charge in [0.25, 0.3) is 0 Å². The summed E-state index contributed by atoms with van der Waals surface area (Å²) in [7, 11) is 0. The Bertz CT molecular complexity index is 871. The zero-order valence-electron chi connectivity index (χ0n) is 16.4. The van der Waals surface area contributed by atoms with Crippen molar-refractivity contribution in [3.63, 3.8) is 0 Å². The molecule has 4 aliphatic heterocycles. The molecule has 0 saturated carbocycles. The van der Waals surface area contributed by atoms with Crippen molar-refractivity contribution in [2.75, 3.05) is 19.6 Å². The third-order valence-electron chi connectivity index (χ3n) is 6.94. The minimum absolute atomic E-state index is 0.236. The maximum Gasteiger partial charge on any atom is 0.224 e. The van der Waals surface area contributed by atoms with Crippen molar-refractivity contribution in [2.24, 2.45) is 5.92 Å². The van der Waals surface area contributed by atoms with Gasteiger partial charge >= 0.3 is 0 Å². The molecular weight excluding hydrogens is 352 g/mol. The van der Waals surface area contributed by atoms with E-state index in [-0.39, 0.29) is 11.8 Å². The SMILES string of the molecule is Cc1ccn(CCC(=O)N2C[C@H](c3cccc(O)c3)[C@H]3[C@@H]2C2CCN3CC2)n1. The standard InChI is InChI=1S/C22H28N4O2/c1-15-5-11-25(23-15)12-8-20(28)26-14-19(17-3-2-4-18(27)13-17)22-21(26)16-6-9-24(22)10-7-16/h2-5,11,13,16,19,21-22,27H,6-10,12,14H2,1H3/t19-,21+,22+/m1/s1. The quantitative estimate of drug-likeness (QED) is 0.885. The highest BCUT2D eigenvalue weighted by atomic mass is 16.3. The van der Waals surface area contributed by atoms with E-state index in [0.29, 0.717) is 36.7 Å². The van der Waals surface area contributed by atoms with Gasteiger partial charge in [0.15, 0.2) is 0 Å². The van der Waals surface area contributed by atoms with E-state index in [1.807, 2.05) is 36.0 Å². The Morgan fingerprint density at radius 1 is 1.21 bits per heavy atom. The smallest absolute Gasteiger partial charge is 0.224 e. The van der Waals surface area contributed by atoms with Crippen molar-refractivity contribution in [1.29, 1.82) is 0 Å². The van der Waals surface area contributed by atoms with Gasteiger partial charge in [0.05, 0.1) is 11.7 Å². The summed E-state index contributed by atoms with van der Waals surface area (Å²) in [4.78, 5) is 18.0. The summed E-state index contributed by atoms with van der Waals surface area (Å²) >= 11 is 0. The fraction of sp³-hybridized carbons (Fsp3) is 0.545. The number of aromatic hydroxyl groups is 1. The normalized spacial score (nSPS) is 31.2. The summed E-state index contributed by atoms with van der Waals surface area (Å²) in [6.45, 7) is 5.62. The molecule has 0 radical (unpaired) electrons. The van der Waals surface area contributed by atoms with Crippen molar-refractivity contribution in [3.05, 3.63) is 47.8 Å². The van der Waals surface area contributed by atoms with Crippen LogP contribution in [0, 0.1) is 12.8 Å². The maximum absolute atomic E-state index is 13.2. The number of piperidine rings is 3. The summed E-state index contributed by atoms with van der Waals surface area (Å²) in [5.41, 5.74) is 2.13. The second-order valence-corrected chi connectivity index (χ2v) is 8.57. The van der Waals surface area contributed by atoms with Crippen LogP contribution in [0.3, 0.4) is 0 Å². The van der Waals surface area contributed by atoms with Crippen LogP contribution in [0.1, 0.15) is 36.4 Å². The zero-order chi connectivity index (χ0) is 19.3. The molecule has 0 spiro atoms. The van der Waals surface area contributed by atoms with Crippen LogP contribution < -0.4 is 0 Å². The first kappa shape index (κ1) is 17.7. The first-order chi connectivity index (χ1) is 13.6. The van der Waals surface area contributed by atoms with Gasteiger partial charge in [0.2, 0.25) is 5.91 Å². The van der Waals surface area contributed by atoms with E-state index in [9.17, 15) is 9.90 Å². The summed E-state index contributed by atoms with van der Waals surface area (Å²) in [6.07, 6.45) is 4.81. The van der Waals surface area contributed by atoms with Crippen LogP contribution in [-0.4, -0.2) is 62.3 Å². The zero-order valence-corrected chi connectivity index (χ0v) is 16.4. The minimum Gasteiger partial charge on any atom is -0.508 e. The molecule has 4 aliphatic rings. The van der Waals surface area contributed by atoms with Crippen LogP contribution in [0.4, 0.5) is 0 Å². The number of aryl methyl sites for hydroxylation is 2. The van der Waals surface area contributed by atoms with Crippen molar-refractivity contribution >= 4 is 5.91 Å². The molecule has 148 valence electrons. The molecule has 6 heteroatoms. The number of hydrogen-bond donors (Lipinski definition) is 1. The molecule has 1 aromatic heterocycles. The molecule has 2 aromatic rings. The number of phenols is 1. The number of amides is 1. The average molecular weight is 380 g/mol. The molecule has 0 unspecified atom stereocenters. The van der Waals surface area contributed by atoms with E-state index in [4.69, 9.17) is 0 Å². The van der Waals surface area contributed by atoms with Crippen molar-refractivity contribution < 1.29 is 9.90 Å². The second-order valence-electron chi connectivity index (χ2n) is 8.57. The van der Waals surface area contributed by atoms with Crippen LogP contribution in [0.25, 0.3) is 0 Å². The third-order valence-corrected chi connectivity index (χ3v) is 6.94. The lowest BCUT2D eigenvalue weighted by Crippen LogP contribution is -2.60. The number of fused-ring (bicyclic) bond motifs is 2. The lowest BCUT2D eigenvalue weighted by molar-refractivity contribution is -0.136. The highest BCUT2D eigenvalue weighted by molar-refractivity contribution is 5.77. The monoisotopic (exact) mass is 380 g/mol. The molecule has 2 bridgehead atoms. The fourth-order valence-electron chi connectivity index (χ4n) is 5.69. The Morgan fingerprint density at radius 2 is 2.04 bits per heavy atom. The number of nitrogens with zero attached hydrogens (tertiary/aromatic N) is 4. The molecule has 4 saturated heterocycles. The molecule has 5 heterocycles. The predicted molar refractivity (Wildman–Crippen MR) is 106 cm³/mol. The first-order valence-electron chi connectivity index (χ1n) is 10.4. The lowest BCUT2D eigenvalue weighted by atomic mass is 9.75. The Balaban J connectivity index is 1.39. The van der Waals surface area contributed by atoms with Crippen molar-refractivity contribution in [3.8, 4) is 5.75 Å². The van der Waals surface area contributed by atoms with E-state index in [0.717, 1.165) is 30.9 Å². The van der Waals surface area contributed by atoms with Crippen molar-refractivity contribution in [2.45, 2.75) is 50.7 Å². The van der Waals surface area contributed by atoms with E-state index < -0.39 is 0 Å².